The van der Waals surface area contributed by atoms with E-state index in [1.807, 2.05) is 21.1 Å². The van der Waals surface area contributed by atoms with Gasteiger partial charge in [0.25, 0.3) is 6.29 Å². The van der Waals surface area contributed by atoms with Gasteiger partial charge in [0.15, 0.2) is 6.10 Å². The van der Waals surface area contributed by atoms with Crippen molar-refractivity contribution in [1.82, 2.24) is 0 Å². The van der Waals surface area contributed by atoms with Crippen LogP contribution in [0.15, 0.2) is 12.2 Å². The average Bonchev–Trinajstić information content (AvgIpc) is 3.31. The molecule has 408 valence electrons. The summed E-state index contributed by atoms with van der Waals surface area (Å²) >= 11 is 0. The van der Waals surface area contributed by atoms with Crippen LogP contribution in [0.5, 0.6) is 0 Å². The molecule has 0 bridgehead atoms. The Kier molecular flexibility index (Phi) is 50.9. The zero-order chi connectivity index (χ0) is 50.6. The summed E-state index contributed by atoms with van der Waals surface area (Å²) in [4.78, 5) is 37.4. The Hall–Kier alpha value is -1.97. The molecule has 0 aliphatic carbocycles. The lowest BCUT2D eigenvalue weighted by molar-refractivity contribution is -0.870. The highest BCUT2D eigenvalue weighted by molar-refractivity contribution is 5.71. The minimum Gasteiger partial charge on any atom is -0.477 e. The van der Waals surface area contributed by atoms with Crippen molar-refractivity contribution in [2.45, 2.75) is 309 Å². The lowest BCUT2D eigenvalue weighted by Crippen LogP contribution is -2.40. The van der Waals surface area contributed by atoms with Crippen LogP contribution >= 0.6 is 0 Å². The van der Waals surface area contributed by atoms with Crippen molar-refractivity contribution < 1.29 is 42.9 Å². The number of rotatable bonds is 56. The van der Waals surface area contributed by atoms with Crippen LogP contribution in [0.25, 0.3) is 0 Å². The van der Waals surface area contributed by atoms with Gasteiger partial charge in [0.1, 0.15) is 13.2 Å². The first-order valence-electron chi connectivity index (χ1n) is 29.9. The molecule has 9 heteroatoms. The van der Waals surface area contributed by atoms with Crippen molar-refractivity contribution in [3.63, 3.8) is 0 Å². The summed E-state index contributed by atoms with van der Waals surface area (Å²) in [5.41, 5.74) is 0. The molecule has 2 atom stereocenters. The molecule has 0 aromatic heterocycles. The number of aliphatic carboxylic acids is 1. The molecule has 0 fully saturated rings. The van der Waals surface area contributed by atoms with Crippen molar-refractivity contribution in [2.75, 3.05) is 47.5 Å². The molecule has 0 aromatic carbocycles. The highest BCUT2D eigenvalue weighted by Crippen LogP contribution is 2.18. The number of hydrogen-bond donors (Lipinski definition) is 1. The van der Waals surface area contributed by atoms with Gasteiger partial charge >= 0.3 is 17.9 Å². The maximum atomic E-state index is 12.9. The summed E-state index contributed by atoms with van der Waals surface area (Å²) in [6.45, 7) is 4.93. The topological polar surface area (TPSA) is 108 Å². The predicted molar refractivity (Wildman–Crippen MR) is 291 cm³/mol. The highest BCUT2D eigenvalue weighted by Gasteiger charge is 2.25. The quantitative estimate of drug-likeness (QED) is 0.0211. The van der Waals surface area contributed by atoms with E-state index < -0.39 is 24.3 Å². The van der Waals surface area contributed by atoms with Crippen LogP contribution in [-0.4, -0.2) is 87.4 Å². The summed E-state index contributed by atoms with van der Waals surface area (Å²) in [5, 5.41) is 9.70. The van der Waals surface area contributed by atoms with E-state index in [9.17, 15) is 19.5 Å². The molecule has 0 amide bonds. The third-order valence-electron chi connectivity index (χ3n) is 13.5. The molecule has 0 saturated carbocycles. The number of allylic oxidation sites excluding steroid dienone is 2. The van der Waals surface area contributed by atoms with Crippen molar-refractivity contribution in [3.8, 4) is 0 Å². The van der Waals surface area contributed by atoms with E-state index in [1.165, 1.54) is 231 Å². The van der Waals surface area contributed by atoms with Gasteiger partial charge in [0.2, 0.25) is 0 Å². The molecule has 0 saturated heterocycles. The lowest BCUT2D eigenvalue weighted by Gasteiger charge is -2.25. The molecule has 0 aliphatic rings. The Labute approximate surface area is 427 Å². The third kappa shape index (κ3) is 53.7. The van der Waals surface area contributed by atoms with Crippen molar-refractivity contribution in [3.05, 3.63) is 12.2 Å². The van der Waals surface area contributed by atoms with Gasteiger partial charge in [0.05, 0.1) is 34.4 Å². The van der Waals surface area contributed by atoms with Crippen LogP contribution in [-0.2, 0) is 33.3 Å². The van der Waals surface area contributed by atoms with E-state index in [4.69, 9.17) is 18.9 Å². The SMILES string of the molecule is CCCCCCCC/C=C\CCCCCCCCCCCC(=O)OC(COC(=O)CCCCCCCCCCCCCCCCCCCCCCCCCCC)COC(OCC[N+](C)(C)C)C(=O)O. The monoisotopic (exact) mass is 979 g/mol. The maximum absolute atomic E-state index is 12.9. The highest BCUT2D eigenvalue weighted by atomic mass is 16.7. The van der Waals surface area contributed by atoms with E-state index in [0.29, 0.717) is 17.4 Å². The second-order valence-corrected chi connectivity index (χ2v) is 21.7. The standard InChI is InChI=1S/C60H115NO8/c1-6-8-10-12-14-16-18-20-22-24-26-27-28-29-30-31-33-34-36-38-40-42-44-46-48-50-57(62)67-54-56(55-68-60(59(64)65)66-53-52-61(3,4)5)69-58(63)51-49-47-45-43-41-39-37-35-32-25-23-21-19-17-15-13-11-9-7-2/h21,23,56,60H,6-20,22,24-55H2,1-5H3/p+1/b23-21-. The third-order valence-corrected chi connectivity index (χ3v) is 13.5. The number of ether oxygens (including phenoxy) is 4. The van der Waals surface area contributed by atoms with E-state index in [2.05, 4.69) is 26.0 Å². The molecular weight excluding hydrogens is 863 g/mol. The number of carbonyl (C=O) groups excluding carboxylic acids is 2. The zero-order valence-electron chi connectivity index (χ0n) is 46.5. The molecule has 69 heavy (non-hydrogen) atoms. The minimum atomic E-state index is -1.51. The molecule has 0 aliphatic heterocycles. The minimum absolute atomic E-state index is 0.176. The summed E-state index contributed by atoms with van der Waals surface area (Å²) < 4.78 is 22.9. The van der Waals surface area contributed by atoms with Crippen LogP contribution in [0.4, 0.5) is 0 Å². The van der Waals surface area contributed by atoms with Crippen LogP contribution in [0.2, 0.25) is 0 Å². The zero-order valence-corrected chi connectivity index (χ0v) is 46.5. The Bertz CT molecular complexity index is 1140. The molecule has 0 aromatic rings. The Morgan fingerprint density at radius 2 is 0.739 bits per heavy atom. The van der Waals surface area contributed by atoms with E-state index in [-0.39, 0.29) is 32.2 Å². The van der Waals surface area contributed by atoms with Crippen molar-refractivity contribution in [2.24, 2.45) is 0 Å². The first kappa shape index (κ1) is 67.0. The molecule has 0 rings (SSSR count). The number of carboxylic acid groups (broad SMARTS) is 1. The normalized spacial score (nSPS) is 12.8. The van der Waals surface area contributed by atoms with Crippen LogP contribution < -0.4 is 0 Å². The average molecular weight is 980 g/mol. The van der Waals surface area contributed by atoms with Crippen LogP contribution in [0.1, 0.15) is 296 Å². The first-order chi connectivity index (χ1) is 33.6. The number of quaternary nitrogens is 1. The maximum Gasteiger partial charge on any atom is 0.361 e. The van der Waals surface area contributed by atoms with Gasteiger partial charge in [-0.1, -0.05) is 257 Å². The second-order valence-electron chi connectivity index (χ2n) is 21.7. The molecular formula is C60H116NO8+. The molecule has 9 nitrogen and oxygen atoms in total. The number of hydrogen-bond acceptors (Lipinski definition) is 7. The first-order valence-corrected chi connectivity index (χ1v) is 29.9. The molecule has 2 unspecified atom stereocenters. The number of carboxylic acids is 1. The molecule has 0 spiro atoms. The van der Waals surface area contributed by atoms with Gasteiger partial charge in [-0.25, -0.2) is 4.79 Å². The van der Waals surface area contributed by atoms with Gasteiger partial charge in [-0.2, -0.15) is 0 Å². The van der Waals surface area contributed by atoms with Gasteiger partial charge in [-0.3, -0.25) is 9.59 Å². The predicted octanol–water partition coefficient (Wildman–Crippen LogP) is 17.4. The summed E-state index contributed by atoms with van der Waals surface area (Å²) in [6.07, 6.45) is 57.2. The van der Waals surface area contributed by atoms with E-state index in [0.717, 1.165) is 38.5 Å². The largest absolute Gasteiger partial charge is 0.477 e. The lowest BCUT2D eigenvalue weighted by atomic mass is 10.0. The van der Waals surface area contributed by atoms with Crippen molar-refractivity contribution >= 4 is 17.9 Å². The van der Waals surface area contributed by atoms with E-state index >= 15 is 0 Å². The van der Waals surface area contributed by atoms with Gasteiger partial charge in [-0.15, -0.1) is 0 Å². The van der Waals surface area contributed by atoms with Gasteiger partial charge in [0, 0.05) is 12.8 Å². The number of unbranched alkanes of at least 4 members (excludes halogenated alkanes) is 39. The fourth-order valence-electron chi connectivity index (χ4n) is 8.89. The summed E-state index contributed by atoms with van der Waals surface area (Å²) in [5.74, 6) is -1.98. The molecule has 1 N–H and O–H groups in total. The number of esters is 2. The van der Waals surface area contributed by atoms with Gasteiger partial charge < -0.3 is 28.5 Å². The number of carbonyl (C=O) groups is 3. The van der Waals surface area contributed by atoms with Gasteiger partial charge in [-0.05, 0) is 38.5 Å². The number of likely N-dealkylation sites (N-methyl/N-ethyl adjacent to an activating group) is 1. The smallest absolute Gasteiger partial charge is 0.361 e. The number of nitrogens with zero attached hydrogens (tertiary/aromatic N) is 1. The van der Waals surface area contributed by atoms with Crippen LogP contribution in [0, 0.1) is 0 Å². The van der Waals surface area contributed by atoms with Crippen molar-refractivity contribution in [1.29, 1.82) is 0 Å². The Balaban J connectivity index is 4.16. The van der Waals surface area contributed by atoms with Crippen LogP contribution in [0.3, 0.4) is 0 Å². The molecule has 0 radical (unpaired) electrons. The second kappa shape index (κ2) is 52.4. The summed E-state index contributed by atoms with van der Waals surface area (Å²) in [7, 11) is 5.98. The Morgan fingerprint density at radius 3 is 1.07 bits per heavy atom. The fraction of sp³-hybridized carbons (Fsp3) is 0.917. The fourth-order valence-corrected chi connectivity index (χ4v) is 8.89. The molecule has 0 heterocycles. The Morgan fingerprint density at radius 1 is 0.420 bits per heavy atom. The van der Waals surface area contributed by atoms with E-state index in [1.54, 1.807) is 0 Å². The summed E-state index contributed by atoms with van der Waals surface area (Å²) in [6, 6.07) is 0.